The molecule has 1 fully saturated rings. The van der Waals surface area contributed by atoms with Gasteiger partial charge in [-0.15, -0.1) is 10.2 Å². The van der Waals surface area contributed by atoms with Crippen molar-refractivity contribution in [3.63, 3.8) is 0 Å². The van der Waals surface area contributed by atoms with Crippen LogP contribution in [0.1, 0.15) is 0 Å². The number of carbonyl (C=O) groups is 1. The molecule has 1 aliphatic heterocycles. The van der Waals surface area contributed by atoms with Crippen molar-refractivity contribution in [2.45, 2.75) is 0 Å². The number of pyridine rings is 1. The van der Waals surface area contributed by atoms with E-state index in [2.05, 4.69) is 20.5 Å². The molecular formula is C17H23N7O3S. The number of rotatable bonds is 6. The number of piperazine rings is 1. The van der Waals surface area contributed by atoms with Gasteiger partial charge in [0.2, 0.25) is 15.9 Å². The van der Waals surface area contributed by atoms with Crippen LogP contribution in [-0.2, 0) is 14.8 Å². The number of sulfonamides is 1. The molecule has 1 N–H and O–H groups in total. The van der Waals surface area contributed by atoms with Crippen LogP contribution in [0, 0.1) is 0 Å². The molecule has 0 saturated carbocycles. The van der Waals surface area contributed by atoms with E-state index >= 15 is 0 Å². The van der Waals surface area contributed by atoms with Crippen LogP contribution in [0.3, 0.4) is 0 Å². The molecule has 1 aliphatic rings. The number of aromatic nitrogens is 3. The van der Waals surface area contributed by atoms with Gasteiger partial charge < -0.3 is 15.1 Å². The van der Waals surface area contributed by atoms with Crippen molar-refractivity contribution in [3.8, 4) is 0 Å². The van der Waals surface area contributed by atoms with Gasteiger partial charge in [-0.25, -0.2) is 13.4 Å². The summed E-state index contributed by atoms with van der Waals surface area (Å²) in [5.41, 5.74) is 0. The van der Waals surface area contributed by atoms with Crippen LogP contribution in [-0.4, -0.2) is 84.7 Å². The molecular weight excluding hydrogens is 382 g/mol. The molecule has 1 amide bonds. The Kier molecular flexibility index (Phi) is 6.05. The van der Waals surface area contributed by atoms with E-state index in [4.69, 9.17) is 0 Å². The SMILES string of the molecule is CN(CC(=O)N1CCN(c2ccc(Nc3ccccn3)nn2)CC1)S(C)(=O)=O. The summed E-state index contributed by atoms with van der Waals surface area (Å²) in [4.78, 5) is 20.2. The summed E-state index contributed by atoms with van der Waals surface area (Å²) in [7, 11) is -1.97. The summed E-state index contributed by atoms with van der Waals surface area (Å²) in [6.07, 6.45) is 2.78. The monoisotopic (exact) mass is 405 g/mol. The molecule has 11 heteroatoms. The Morgan fingerprint density at radius 1 is 1.11 bits per heavy atom. The summed E-state index contributed by atoms with van der Waals surface area (Å²) in [6.45, 7) is 2.08. The Hall–Kier alpha value is -2.79. The third-order valence-corrected chi connectivity index (χ3v) is 5.71. The molecule has 28 heavy (non-hydrogen) atoms. The van der Waals surface area contributed by atoms with Crippen molar-refractivity contribution in [1.82, 2.24) is 24.4 Å². The number of hydrogen-bond donors (Lipinski definition) is 1. The van der Waals surface area contributed by atoms with Crippen LogP contribution in [0.5, 0.6) is 0 Å². The molecule has 0 aliphatic carbocycles. The number of carbonyl (C=O) groups excluding carboxylic acids is 1. The Labute approximate surface area is 164 Å². The minimum atomic E-state index is -3.37. The zero-order valence-corrected chi connectivity index (χ0v) is 16.6. The van der Waals surface area contributed by atoms with Gasteiger partial charge in [0.15, 0.2) is 11.6 Å². The largest absolute Gasteiger partial charge is 0.352 e. The first kappa shape index (κ1) is 20.0. The lowest BCUT2D eigenvalue weighted by atomic mass is 10.3. The van der Waals surface area contributed by atoms with Crippen molar-refractivity contribution in [2.24, 2.45) is 0 Å². The number of likely N-dealkylation sites (N-methyl/N-ethyl adjacent to an activating group) is 1. The van der Waals surface area contributed by atoms with Gasteiger partial charge in [0.1, 0.15) is 5.82 Å². The predicted molar refractivity (Wildman–Crippen MR) is 106 cm³/mol. The number of amides is 1. The summed E-state index contributed by atoms with van der Waals surface area (Å²) >= 11 is 0. The zero-order chi connectivity index (χ0) is 20.1. The summed E-state index contributed by atoms with van der Waals surface area (Å²) < 4.78 is 24.0. The molecule has 1 saturated heterocycles. The van der Waals surface area contributed by atoms with Crippen molar-refractivity contribution in [2.75, 3.05) is 56.2 Å². The first-order valence-electron chi connectivity index (χ1n) is 8.79. The molecule has 2 aromatic heterocycles. The predicted octanol–water partition coefficient (Wildman–Crippen LogP) is 0.155. The molecule has 0 atom stereocenters. The standard InChI is InChI=1S/C17H23N7O3S/c1-22(28(2,26)27)13-17(25)24-11-9-23(10-12-24)16-7-6-15(20-21-16)19-14-5-3-4-8-18-14/h3-8H,9-13H2,1-2H3,(H,18,19,20). The summed E-state index contributed by atoms with van der Waals surface area (Å²) in [5, 5.41) is 11.5. The molecule has 0 radical (unpaired) electrons. The minimum Gasteiger partial charge on any atom is -0.352 e. The second-order valence-corrected chi connectivity index (χ2v) is 8.59. The van der Waals surface area contributed by atoms with Crippen LogP contribution in [0.2, 0.25) is 0 Å². The maximum atomic E-state index is 12.3. The zero-order valence-electron chi connectivity index (χ0n) is 15.8. The van der Waals surface area contributed by atoms with E-state index in [0.717, 1.165) is 16.4 Å². The molecule has 0 spiro atoms. The fraction of sp³-hybridized carbons (Fsp3) is 0.412. The maximum absolute atomic E-state index is 12.3. The van der Waals surface area contributed by atoms with Crippen molar-refractivity contribution < 1.29 is 13.2 Å². The van der Waals surface area contributed by atoms with Gasteiger partial charge in [-0.2, -0.15) is 4.31 Å². The minimum absolute atomic E-state index is 0.146. The lowest BCUT2D eigenvalue weighted by Crippen LogP contribution is -2.51. The van der Waals surface area contributed by atoms with E-state index in [1.165, 1.54) is 7.05 Å². The van der Waals surface area contributed by atoms with Crippen LogP contribution < -0.4 is 10.2 Å². The van der Waals surface area contributed by atoms with Gasteiger partial charge in [0, 0.05) is 39.4 Å². The second-order valence-electron chi connectivity index (χ2n) is 6.50. The van der Waals surface area contributed by atoms with Crippen molar-refractivity contribution in [3.05, 3.63) is 36.5 Å². The van der Waals surface area contributed by atoms with Gasteiger partial charge >= 0.3 is 0 Å². The average Bonchev–Trinajstić information content (AvgIpc) is 2.69. The van der Waals surface area contributed by atoms with Gasteiger partial charge in [-0.05, 0) is 24.3 Å². The summed E-state index contributed by atoms with van der Waals surface area (Å²) in [6, 6.07) is 9.25. The molecule has 0 aromatic carbocycles. The topological polar surface area (TPSA) is 112 Å². The first-order chi connectivity index (χ1) is 13.3. The van der Waals surface area contributed by atoms with Crippen molar-refractivity contribution in [1.29, 1.82) is 0 Å². The molecule has 2 aromatic rings. The fourth-order valence-electron chi connectivity index (χ4n) is 2.72. The highest BCUT2D eigenvalue weighted by molar-refractivity contribution is 7.88. The number of anilines is 3. The Balaban J connectivity index is 1.52. The maximum Gasteiger partial charge on any atom is 0.238 e. The van der Waals surface area contributed by atoms with Gasteiger partial charge in [0.05, 0.1) is 12.8 Å². The highest BCUT2D eigenvalue weighted by Gasteiger charge is 2.24. The average molecular weight is 405 g/mol. The molecule has 0 unspecified atom stereocenters. The Morgan fingerprint density at radius 3 is 2.43 bits per heavy atom. The van der Waals surface area contributed by atoms with E-state index in [1.54, 1.807) is 11.1 Å². The van der Waals surface area contributed by atoms with E-state index in [9.17, 15) is 13.2 Å². The smallest absolute Gasteiger partial charge is 0.238 e. The second kappa shape index (κ2) is 8.48. The Bertz CT molecular complexity index is 898. The highest BCUT2D eigenvalue weighted by Crippen LogP contribution is 2.16. The van der Waals surface area contributed by atoms with Crippen LogP contribution in [0.4, 0.5) is 17.5 Å². The lowest BCUT2D eigenvalue weighted by Gasteiger charge is -2.35. The quantitative estimate of drug-likeness (QED) is 0.723. The normalized spacial score (nSPS) is 15.0. The number of nitrogens with one attached hydrogen (secondary N) is 1. The molecule has 150 valence electrons. The van der Waals surface area contributed by atoms with E-state index < -0.39 is 10.0 Å². The lowest BCUT2D eigenvalue weighted by molar-refractivity contribution is -0.131. The Morgan fingerprint density at radius 2 is 1.86 bits per heavy atom. The first-order valence-corrected chi connectivity index (χ1v) is 10.6. The third-order valence-electron chi connectivity index (χ3n) is 4.45. The van der Waals surface area contributed by atoms with Crippen LogP contribution >= 0.6 is 0 Å². The molecule has 3 rings (SSSR count). The van der Waals surface area contributed by atoms with E-state index in [1.807, 2.05) is 35.2 Å². The van der Waals surface area contributed by atoms with Gasteiger partial charge in [0.25, 0.3) is 0 Å². The fourth-order valence-corrected chi connectivity index (χ4v) is 3.07. The molecule has 10 nitrogen and oxygen atoms in total. The summed E-state index contributed by atoms with van der Waals surface area (Å²) in [5.74, 6) is 1.82. The third kappa shape index (κ3) is 5.14. The van der Waals surface area contributed by atoms with E-state index in [0.29, 0.717) is 37.8 Å². The van der Waals surface area contributed by atoms with Crippen LogP contribution in [0.25, 0.3) is 0 Å². The number of hydrogen-bond acceptors (Lipinski definition) is 8. The number of nitrogens with zero attached hydrogens (tertiary/aromatic N) is 6. The van der Waals surface area contributed by atoms with E-state index in [-0.39, 0.29) is 12.5 Å². The molecule has 3 heterocycles. The van der Waals surface area contributed by atoms with Crippen molar-refractivity contribution >= 4 is 33.4 Å². The van der Waals surface area contributed by atoms with Gasteiger partial charge in [-0.3, -0.25) is 4.79 Å². The van der Waals surface area contributed by atoms with Gasteiger partial charge in [-0.1, -0.05) is 6.07 Å². The van der Waals surface area contributed by atoms with Crippen LogP contribution in [0.15, 0.2) is 36.5 Å². The molecule has 0 bridgehead atoms. The highest BCUT2D eigenvalue weighted by atomic mass is 32.2.